The van der Waals surface area contributed by atoms with E-state index in [2.05, 4.69) is 10.6 Å². The first-order valence-corrected chi connectivity index (χ1v) is 6.56. The first-order valence-electron chi connectivity index (χ1n) is 6.56. The fourth-order valence-corrected chi connectivity index (χ4v) is 2.17. The number of carboxylic acid groups (broad SMARTS) is 1. The topological polar surface area (TPSA) is 87.7 Å². The van der Waals surface area contributed by atoms with Crippen LogP contribution in [0.1, 0.15) is 6.42 Å². The number of hydrogen-bond acceptors (Lipinski definition) is 4. The summed E-state index contributed by atoms with van der Waals surface area (Å²) in [7, 11) is 0. The summed E-state index contributed by atoms with van der Waals surface area (Å²) in [5.74, 6) is -0.902. The molecule has 6 heteroatoms. The Hall–Kier alpha value is -2.08. The highest BCUT2D eigenvalue weighted by atomic mass is 16.5. The minimum Gasteiger partial charge on any atom is -0.484 e. The van der Waals surface area contributed by atoms with Crippen LogP contribution < -0.4 is 15.4 Å². The highest BCUT2D eigenvalue weighted by Crippen LogP contribution is 2.11. The van der Waals surface area contributed by atoms with Crippen molar-refractivity contribution in [2.75, 3.05) is 19.7 Å². The molecule has 1 heterocycles. The molecule has 0 aromatic heterocycles. The Morgan fingerprint density at radius 2 is 2.05 bits per heavy atom. The number of nitrogens with one attached hydrogen (secondary N) is 2. The van der Waals surface area contributed by atoms with E-state index in [9.17, 15) is 9.59 Å². The van der Waals surface area contributed by atoms with E-state index in [-0.39, 0.29) is 18.6 Å². The molecule has 1 aromatic carbocycles. The Kier molecular flexibility index (Phi) is 4.95. The highest BCUT2D eigenvalue weighted by Gasteiger charge is 2.27. The van der Waals surface area contributed by atoms with Crippen molar-refractivity contribution in [3.63, 3.8) is 0 Å². The zero-order valence-corrected chi connectivity index (χ0v) is 11.0. The maximum absolute atomic E-state index is 11.7. The third kappa shape index (κ3) is 4.24. The normalized spacial score (nSPS) is 22.0. The van der Waals surface area contributed by atoms with E-state index >= 15 is 0 Å². The molecule has 1 aliphatic heterocycles. The zero-order chi connectivity index (χ0) is 14.4. The van der Waals surface area contributed by atoms with Crippen molar-refractivity contribution < 1.29 is 19.4 Å². The van der Waals surface area contributed by atoms with Crippen molar-refractivity contribution in [3.05, 3.63) is 30.3 Å². The van der Waals surface area contributed by atoms with Gasteiger partial charge in [-0.05, 0) is 18.6 Å². The van der Waals surface area contributed by atoms with Gasteiger partial charge in [-0.2, -0.15) is 0 Å². The summed E-state index contributed by atoms with van der Waals surface area (Å²) in [6.07, 6.45) is 0.444. The summed E-state index contributed by atoms with van der Waals surface area (Å²) >= 11 is 0. The first kappa shape index (κ1) is 14.3. The molecule has 2 rings (SSSR count). The van der Waals surface area contributed by atoms with E-state index in [4.69, 9.17) is 9.84 Å². The molecule has 1 amide bonds. The van der Waals surface area contributed by atoms with Crippen LogP contribution >= 0.6 is 0 Å². The molecular formula is C14H18N2O4. The van der Waals surface area contributed by atoms with Gasteiger partial charge in [0, 0.05) is 19.1 Å². The Balaban J connectivity index is 1.75. The standard InChI is InChI=1S/C14H18N2O4/c17-13(9-20-12-4-2-1-3-5-12)16-11-6-10(14(18)19)7-15-8-11/h1-5,10-11,15H,6-9H2,(H,16,17)(H,18,19)/t10-,11+/m1/s1. The van der Waals surface area contributed by atoms with Crippen molar-refractivity contribution in [2.24, 2.45) is 5.92 Å². The third-order valence-electron chi connectivity index (χ3n) is 3.18. The molecule has 2 atom stereocenters. The van der Waals surface area contributed by atoms with E-state index < -0.39 is 11.9 Å². The van der Waals surface area contributed by atoms with Gasteiger partial charge in [-0.15, -0.1) is 0 Å². The predicted molar refractivity (Wildman–Crippen MR) is 72.5 cm³/mol. The second-order valence-electron chi connectivity index (χ2n) is 4.80. The molecule has 0 spiro atoms. The molecule has 20 heavy (non-hydrogen) atoms. The molecule has 108 valence electrons. The Morgan fingerprint density at radius 3 is 2.75 bits per heavy atom. The maximum atomic E-state index is 11.7. The van der Waals surface area contributed by atoms with Gasteiger partial charge in [-0.3, -0.25) is 9.59 Å². The van der Waals surface area contributed by atoms with Gasteiger partial charge in [-0.1, -0.05) is 18.2 Å². The number of ether oxygens (including phenoxy) is 1. The van der Waals surface area contributed by atoms with Crippen molar-refractivity contribution in [2.45, 2.75) is 12.5 Å². The van der Waals surface area contributed by atoms with Crippen LogP contribution in [0.15, 0.2) is 30.3 Å². The minimum absolute atomic E-state index is 0.0712. The lowest BCUT2D eigenvalue weighted by atomic mass is 9.96. The van der Waals surface area contributed by atoms with Crippen LogP contribution in [-0.2, 0) is 9.59 Å². The smallest absolute Gasteiger partial charge is 0.307 e. The van der Waals surface area contributed by atoms with Crippen LogP contribution in [0.3, 0.4) is 0 Å². The highest BCUT2D eigenvalue weighted by molar-refractivity contribution is 5.78. The number of hydrogen-bond donors (Lipinski definition) is 3. The average molecular weight is 278 g/mol. The molecule has 6 nitrogen and oxygen atoms in total. The molecule has 0 saturated carbocycles. The van der Waals surface area contributed by atoms with Crippen LogP contribution in [0.5, 0.6) is 5.75 Å². The number of carboxylic acids is 1. The van der Waals surface area contributed by atoms with Crippen LogP contribution in [0.25, 0.3) is 0 Å². The van der Waals surface area contributed by atoms with E-state index in [0.717, 1.165) is 0 Å². The van der Waals surface area contributed by atoms with E-state index in [1.165, 1.54) is 0 Å². The summed E-state index contributed by atoms with van der Waals surface area (Å²) in [6, 6.07) is 8.90. The van der Waals surface area contributed by atoms with Gasteiger partial charge < -0.3 is 20.5 Å². The number of piperidine rings is 1. The van der Waals surface area contributed by atoms with E-state index in [1.54, 1.807) is 12.1 Å². The summed E-state index contributed by atoms with van der Waals surface area (Å²) in [5.41, 5.74) is 0. The van der Waals surface area contributed by atoms with Crippen LogP contribution in [0, 0.1) is 5.92 Å². The van der Waals surface area contributed by atoms with Gasteiger partial charge in [-0.25, -0.2) is 0 Å². The van der Waals surface area contributed by atoms with Gasteiger partial charge in [0.1, 0.15) is 5.75 Å². The number of benzene rings is 1. The molecule has 0 bridgehead atoms. The molecule has 1 aliphatic rings. The predicted octanol–water partition coefficient (Wildman–Crippen LogP) is 0.244. The zero-order valence-electron chi connectivity index (χ0n) is 11.0. The number of aliphatic carboxylic acids is 1. The lowest BCUT2D eigenvalue weighted by molar-refractivity contribution is -0.143. The number of carbonyl (C=O) groups excluding carboxylic acids is 1. The second kappa shape index (κ2) is 6.91. The quantitative estimate of drug-likeness (QED) is 0.718. The van der Waals surface area contributed by atoms with Crippen LogP contribution in [0.2, 0.25) is 0 Å². The minimum atomic E-state index is -0.836. The van der Waals surface area contributed by atoms with Crippen molar-refractivity contribution >= 4 is 11.9 Å². The monoisotopic (exact) mass is 278 g/mol. The van der Waals surface area contributed by atoms with Gasteiger partial charge >= 0.3 is 5.97 Å². The van der Waals surface area contributed by atoms with Gasteiger partial charge in [0.2, 0.25) is 0 Å². The summed E-state index contributed by atoms with van der Waals surface area (Å²) < 4.78 is 5.33. The number of amides is 1. The number of rotatable bonds is 5. The Bertz CT molecular complexity index is 464. The molecular weight excluding hydrogens is 260 g/mol. The fourth-order valence-electron chi connectivity index (χ4n) is 2.17. The van der Waals surface area contributed by atoms with Crippen LogP contribution in [0.4, 0.5) is 0 Å². The van der Waals surface area contributed by atoms with Gasteiger partial charge in [0.05, 0.1) is 5.92 Å². The molecule has 0 radical (unpaired) electrons. The largest absolute Gasteiger partial charge is 0.484 e. The summed E-state index contributed by atoms with van der Waals surface area (Å²) in [4.78, 5) is 22.7. The summed E-state index contributed by atoms with van der Waals surface area (Å²) in [5, 5.41) is 14.8. The lowest BCUT2D eigenvalue weighted by Gasteiger charge is -2.28. The number of para-hydroxylation sites is 1. The first-order chi connectivity index (χ1) is 9.65. The molecule has 1 saturated heterocycles. The Labute approximate surface area is 117 Å². The van der Waals surface area contributed by atoms with E-state index in [0.29, 0.717) is 25.3 Å². The molecule has 3 N–H and O–H groups in total. The van der Waals surface area contributed by atoms with E-state index in [1.807, 2.05) is 18.2 Å². The molecule has 1 aromatic rings. The van der Waals surface area contributed by atoms with Crippen molar-refractivity contribution in [1.29, 1.82) is 0 Å². The van der Waals surface area contributed by atoms with Gasteiger partial charge in [0.15, 0.2) is 6.61 Å². The molecule has 0 unspecified atom stereocenters. The molecule has 1 fully saturated rings. The molecule has 0 aliphatic carbocycles. The number of carbonyl (C=O) groups is 2. The van der Waals surface area contributed by atoms with Crippen molar-refractivity contribution in [1.82, 2.24) is 10.6 Å². The average Bonchev–Trinajstić information content (AvgIpc) is 2.46. The van der Waals surface area contributed by atoms with Gasteiger partial charge in [0.25, 0.3) is 5.91 Å². The van der Waals surface area contributed by atoms with Crippen LogP contribution in [-0.4, -0.2) is 42.7 Å². The SMILES string of the molecule is O=C(COc1ccccc1)N[C@@H]1CNC[C@H](C(=O)O)C1. The maximum Gasteiger partial charge on any atom is 0.307 e. The lowest BCUT2D eigenvalue weighted by Crippen LogP contribution is -2.51. The second-order valence-corrected chi connectivity index (χ2v) is 4.80. The summed E-state index contributed by atoms with van der Waals surface area (Å²) in [6.45, 7) is 0.960. The van der Waals surface area contributed by atoms with Crippen molar-refractivity contribution in [3.8, 4) is 5.75 Å². The Morgan fingerprint density at radius 1 is 1.30 bits per heavy atom. The third-order valence-corrected chi connectivity index (χ3v) is 3.18. The fraction of sp³-hybridized carbons (Fsp3) is 0.429.